The van der Waals surface area contributed by atoms with E-state index in [2.05, 4.69) is 0 Å². The number of rotatable bonds is 2. The standard InChI is InChI=1S/C16H15NO5/c1-17(2)7-8-10(19)6-12-14(15(8)20)16(21)13-9(18)4-3-5-11(13)22-12/h3-6,18-20H,7H2,1-2H3. The van der Waals surface area contributed by atoms with E-state index in [1.165, 1.54) is 18.2 Å². The highest BCUT2D eigenvalue weighted by atomic mass is 16.3. The summed E-state index contributed by atoms with van der Waals surface area (Å²) in [5, 5.41) is 30.3. The lowest BCUT2D eigenvalue weighted by molar-refractivity contribution is 0.370. The number of phenolic OH excluding ortho intramolecular Hbond substituents is 3. The van der Waals surface area contributed by atoms with Gasteiger partial charge in [0.1, 0.15) is 39.2 Å². The summed E-state index contributed by atoms with van der Waals surface area (Å²) < 4.78 is 5.54. The lowest BCUT2D eigenvalue weighted by Gasteiger charge is -2.14. The molecule has 114 valence electrons. The molecule has 0 saturated carbocycles. The molecule has 3 aromatic rings. The monoisotopic (exact) mass is 301 g/mol. The van der Waals surface area contributed by atoms with Gasteiger partial charge in [0.05, 0.1) is 5.56 Å². The van der Waals surface area contributed by atoms with E-state index in [0.717, 1.165) is 0 Å². The van der Waals surface area contributed by atoms with Crippen molar-refractivity contribution in [1.29, 1.82) is 0 Å². The van der Waals surface area contributed by atoms with Crippen molar-refractivity contribution in [3.8, 4) is 17.2 Å². The van der Waals surface area contributed by atoms with Crippen molar-refractivity contribution in [1.82, 2.24) is 4.90 Å². The smallest absolute Gasteiger partial charge is 0.208 e. The maximum atomic E-state index is 12.6. The number of benzene rings is 2. The third kappa shape index (κ3) is 2.05. The number of hydrogen-bond acceptors (Lipinski definition) is 6. The molecule has 1 heterocycles. The predicted octanol–water partition coefficient (Wildman–Crippen LogP) is 2.12. The van der Waals surface area contributed by atoms with E-state index in [1.54, 1.807) is 25.1 Å². The number of fused-ring (bicyclic) bond motifs is 2. The second-order valence-electron chi connectivity index (χ2n) is 5.42. The minimum absolute atomic E-state index is 0.00629. The van der Waals surface area contributed by atoms with Gasteiger partial charge in [-0.05, 0) is 26.2 Å². The number of aromatic hydroxyl groups is 3. The second kappa shape index (κ2) is 4.92. The SMILES string of the molecule is CN(C)Cc1c(O)cc2oc3cccc(O)c3c(=O)c2c1O. The fourth-order valence-corrected chi connectivity index (χ4v) is 2.52. The first kappa shape index (κ1) is 14.2. The van der Waals surface area contributed by atoms with E-state index in [9.17, 15) is 20.1 Å². The van der Waals surface area contributed by atoms with Gasteiger partial charge in [0.25, 0.3) is 0 Å². The topological polar surface area (TPSA) is 94.1 Å². The molecule has 3 rings (SSSR count). The van der Waals surface area contributed by atoms with Crippen LogP contribution >= 0.6 is 0 Å². The van der Waals surface area contributed by atoms with Crippen LogP contribution in [0.2, 0.25) is 0 Å². The summed E-state index contributed by atoms with van der Waals surface area (Å²) in [6, 6.07) is 5.77. The normalized spacial score (nSPS) is 11.6. The Hall–Kier alpha value is -2.73. The Morgan fingerprint density at radius 2 is 1.77 bits per heavy atom. The third-order valence-corrected chi connectivity index (χ3v) is 3.50. The van der Waals surface area contributed by atoms with E-state index in [4.69, 9.17) is 4.42 Å². The highest BCUT2D eigenvalue weighted by Crippen LogP contribution is 2.36. The fraction of sp³-hybridized carbons (Fsp3) is 0.188. The van der Waals surface area contributed by atoms with Gasteiger partial charge in [-0.15, -0.1) is 0 Å². The molecule has 0 atom stereocenters. The van der Waals surface area contributed by atoms with Crippen LogP contribution in [-0.2, 0) is 6.54 Å². The Labute approximate surface area is 125 Å². The van der Waals surface area contributed by atoms with Crippen LogP contribution in [0.15, 0.2) is 33.5 Å². The summed E-state index contributed by atoms with van der Waals surface area (Å²) in [5.74, 6) is -0.696. The molecule has 0 amide bonds. The largest absolute Gasteiger partial charge is 0.507 e. The Balaban J connectivity index is 2.48. The van der Waals surface area contributed by atoms with Crippen LogP contribution in [0.5, 0.6) is 17.2 Å². The van der Waals surface area contributed by atoms with Gasteiger partial charge in [-0.2, -0.15) is 0 Å². The molecule has 0 saturated heterocycles. The second-order valence-corrected chi connectivity index (χ2v) is 5.42. The molecule has 22 heavy (non-hydrogen) atoms. The minimum Gasteiger partial charge on any atom is -0.507 e. The average Bonchev–Trinajstić information content (AvgIpc) is 2.42. The average molecular weight is 301 g/mol. The molecule has 0 spiro atoms. The Morgan fingerprint density at radius 1 is 1.05 bits per heavy atom. The Bertz CT molecular complexity index is 943. The van der Waals surface area contributed by atoms with Gasteiger partial charge in [0, 0.05) is 12.6 Å². The summed E-state index contributed by atoms with van der Waals surface area (Å²) in [4.78, 5) is 14.4. The molecule has 0 radical (unpaired) electrons. The summed E-state index contributed by atoms with van der Waals surface area (Å²) in [5.41, 5.74) is -0.0382. The molecule has 2 aromatic carbocycles. The summed E-state index contributed by atoms with van der Waals surface area (Å²) in [7, 11) is 3.55. The molecule has 0 aliphatic carbocycles. The maximum absolute atomic E-state index is 12.6. The Morgan fingerprint density at radius 3 is 2.45 bits per heavy atom. The van der Waals surface area contributed by atoms with Crippen molar-refractivity contribution in [2.24, 2.45) is 0 Å². The van der Waals surface area contributed by atoms with Crippen LogP contribution in [0.3, 0.4) is 0 Å². The summed E-state index contributed by atoms with van der Waals surface area (Å²) >= 11 is 0. The maximum Gasteiger partial charge on any atom is 0.208 e. The van der Waals surface area contributed by atoms with Crippen molar-refractivity contribution in [3.63, 3.8) is 0 Å². The van der Waals surface area contributed by atoms with Gasteiger partial charge in [-0.3, -0.25) is 4.79 Å². The van der Waals surface area contributed by atoms with Gasteiger partial charge >= 0.3 is 0 Å². The number of hydrogen-bond donors (Lipinski definition) is 3. The first-order valence-corrected chi connectivity index (χ1v) is 6.67. The molecule has 0 aliphatic heterocycles. The quantitative estimate of drug-likeness (QED) is 0.628. The molecular formula is C16H15NO5. The summed E-state index contributed by atoms with van der Waals surface area (Å²) in [6.45, 7) is 0.256. The van der Waals surface area contributed by atoms with Gasteiger partial charge in [-0.1, -0.05) is 6.07 Å². The van der Waals surface area contributed by atoms with Crippen molar-refractivity contribution in [2.75, 3.05) is 14.1 Å². The number of phenols is 3. The van der Waals surface area contributed by atoms with Gasteiger partial charge in [-0.25, -0.2) is 0 Å². The minimum atomic E-state index is -0.535. The zero-order chi connectivity index (χ0) is 16.0. The predicted molar refractivity (Wildman–Crippen MR) is 82.4 cm³/mol. The molecule has 0 bridgehead atoms. The van der Waals surface area contributed by atoms with Crippen molar-refractivity contribution >= 4 is 21.9 Å². The van der Waals surface area contributed by atoms with Gasteiger partial charge in [0.2, 0.25) is 5.43 Å². The van der Waals surface area contributed by atoms with Crippen LogP contribution in [0, 0.1) is 0 Å². The molecule has 0 fully saturated rings. The van der Waals surface area contributed by atoms with E-state index in [0.29, 0.717) is 0 Å². The van der Waals surface area contributed by atoms with Crippen molar-refractivity contribution in [2.45, 2.75) is 6.54 Å². The first-order chi connectivity index (χ1) is 10.4. The van der Waals surface area contributed by atoms with Gasteiger partial charge in [0.15, 0.2) is 0 Å². The first-order valence-electron chi connectivity index (χ1n) is 6.67. The van der Waals surface area contributed by atoms with Crippen LogP contribution in [-0.4, -0.2) is 34.3 Å². The highest BCUT2D eigenvalue weighted by Gasteiger charge is 2.20. The molecule has 6 nitrogen and oxygen atoms in total. The Kier molecular flexibility index (Phi) is 3.18. The van der Waals surface area contributed by atoms with Crippen LogP contribution in [0.4, 0.5) is 0 Å². The van der Waals surface area contributed by atoms with E-state index in [1.807, 2.05) is 0 Å². The zero-order valence-corrected chi connectivity index (χ0v) is 12.1. The van der Waals surface area contributed by atoms with Crippen LogP contribution < -0.4 is 5.43 Å². The highest BCUT2D eigenvalue weighted by molar-refractivity contribution is 5.97. The fourth-order valence-electron chi connectivity index (χ4n) is 2.52. The van der Waals surface area contributed by atoms with Crippen LogP contribution in [0.1, 0.15) is 5.56 Å². The summed E-state index contributed by atoms with van der Waals surface area (Å²) in [6.07, 6.45) is 0. The zero-order valence-electron chi connectivity index (χ0n) is 12.1. The lowest BCUT2D eigenvalue weighted by Crippen LogP contribution is -2.12. The number of nitrogens with zero attached hydrogens (tertiary/aromatic N) is 1. The van der Waals surface area contributed by atoms with E-state index in [-0.39, 0.29) is 51.3 Å². The third-order valence-electron chi connectivity index (χ3n) is 3.50. The lowest BCUT2D eigenvalue weighted by atomic mass is 10.1. The molecule has 0 aliphatic rings. The van der Waals surface area contributed by atoms with E-state index >= 15 is 0 Å². The van der Waals surface area contributed by atoms with Crippen molar-refractivity contribution in [3.05, 3.63) is 40.1 Å². The van der Waals surface area contributed by atoms with Crippen molar-refractivity contribution < 1.29 is 19.7 Å². The molecule has 6 heteroatoms. The molecule has 1 aromatic heterocycles. The van der Waals surface area contributed by atoms with Gasteiger partial charge < -0.3 is 24.6 Å². The molecular weight excluding hydrogens is 286 g/mol. The molecule has 3 N–H and O–H groups in total. The van der Waals surface area contributed by atoms with E-state index < -0.39 is 5.43 Å². The van der Waals surface area contributed by atoms with Crippen LogP contribution in [0.25, 0.3) is 21.9 Å². The molecule has 0 unspecified atom stereocenters.